The van der Waals surface area contributed by atoms with Crippen molar-refractivity contribution in [1.82, 2.24) is 5.32 Å². The summed E-state index contributed by atoms with van der Waals surface area (Å²) in [7, 11) is 0. The fourth-order valence-corrected chi connectivity index (χ4v) is 4.41. The van der Waals surface area contributed by atoms with Crippen molar-refractivity contribution >= 4 is 21.8 Å². The normalized spacial score (nSPS) is 17.7. The lowest BCUT2D eigenvalue weighted by atomic mass is 9.77. The van der Waals surface area contributed by atoms with Gasteiger partial charge in [0.25, 0.3) is 0 Å². The van der Waals surface area contributed by atoms with Crippen LogP contribution in [0.2, 0.25) is 0 Å². The molecule has 2 aliphatic rings. The Balaban J connectivity index is 1.57. The molecule has 136 valence electrons. The molecule has 26 heavy (non-hydrogen) atoms. The summed E-state index contributed by atoms with van der Waals surface area (Å²) in [6.07, 6.45) is 3.88. The first-order valence-electron chi connectivity index (χ1n) is 9.10. The third-order valence-electron chi connectivity index (χ3n) is 5.33. The summed E-state index contributed by atoms with van der Waals surface area (Å²) in [4.78, 5) is 13.2. The predicted molar refractivity (Wildman–Crippen MR) is 104 cm³/mol. The highest BCUT2D eigenvalue weighted by atomic mass is 79.9. The first-order chi connectivity index (χ1) is 12.7. The maximum atomic E-state index is 13.2. The molecule has 1 fully saturated rings. The summed E-state index contributed by atoms with van der Waals surface area (Å²) in [5.41, 5.74) is 1.65. The highest BCUT2D eigenvalue weighted by molar-refractivity contribution is 9.10. The van der Waals surface area contributed by atoms with Gasteiger partial charge in [0.1, 0.15) is 13.2 Å². The Hall–Kier alpha value is -2.01. The van der Waals surface area contributed by atoms with E-state index in [1.807, 2.05) is 42.5 Å². The van der Waals surface area contributed by atoms with Gasteiger partial charge in [-0.05, 0) is 48.2 Å². The molecule has 1 N–H and O–H groups in total. The summed E-state index contributed by atoms with van der Waals surface area (Å²) in [5, 5.41) is 3.16. The predicted octanol–water partition coefficient (Wildman–Crippen LogP) is 4.35. The van der Waals surface area contributed by atoms with E-state index in [1.165, 1.54) is 0 Å². The highest BCUT2D eigenvalue weighted by Crippen LogP contribution is 2.44. The van der Waals surface area contributed by atoms with Crippen LogP contribution in [0.15, 0.2) is 46.9 Å². The average Bonchev–Trinajstić information content (AvgIpc) is 3.17. The van der Waals surface area contributed by atoms with Gasteiger partial charge >= 0.3 is 0 Å². The topological polar surface area (TPSA) is 47.6 Å². The molecule has 1 aliphatic heterocycles. The van der Waals surface area contributed by atoms with E-state index in [4.69, 9.17) is 9.47 Å². The van der Waals surface area contributed by atoms with Crippen molar-refractivity contribution in [2.75, 3.05) is 13.2 Å². The minimum atomic E-state index is -0.470. The zero-order valence-electron chi connectivity index (χ0n) is 14.6. The molecule has 2 aromatic rings. The van der Waals surface area contributed by atoms with Crippen LogP contribution in [-0.4, -0.2) is 19.1 Å². The molecule has 1 saturated carbocycles. The number of ether oxygens (including phenoxy) is 2. The van der Waals surface area contributed by atoms with Crippen LogP contribution in [0.5, 0.6) is 11.5 Å². The van der Waals surface area contributed by atoms with Crippen molar-refractivity contribution in [3.05, 3.63) is 58.1 Å². The number of amides is 1. The molecule has 1 heterocycles. The number of benzene rings is 2. The molecule has 5 heteroatoms. The van der Waals surface area contributed by atoms with E-state index in [0.717, 1.165) is 52.8 Å². The number of carbonyl (C=O) groups is 1. The first-order valence-corrected chi connectivity index (χ1v) is 9.90. The lowest BCUT2D eigenvalue weighted by Crippen LogP contribution is -2.42. The van der Waals surface area contributed by atoms with Crippen LogP contribution in [0.25, 0.3) is 0 Å². The molecular formula is C21H22BrNO3. The van der Waals surface area contributed by atoms with Gasteiger partial charge in [0.15, 0.2) is 11.5 Å². The van der Waals surface area contributed by atoms with Gasteiger partial charge in [0.05, 0.1) is 5.41 Å². The van der Waals surface area contributed by atoms with Crippen molar-refractivity contribution in [1.29, 1.82) is 0 Å². The third-order valence-corrected chi connectivity index (χ3v) is 5.82. The highest BCUT2D eigenvalue weighted by Gasteiger charge is 2.43. The monoisotopic (exact) mass is 415 g/mol. The molecule has 0 aromatic heterocycles. The summed E-state index contributed by atoms with van der Waals surface area (Å²) in [5.74, 6) is 1.62. The Kier molecular flexibility index (Phi) is 4.90. The van der Waals surface area contributed by atoms with E-state index >= 15 is 0 Å². The zero-order chi connectivity index (χ0) is 18.0. The molecular weight excluding hydrogens is 394 g/mol. The minimum absolute atomic E-state index is 0.103. The van der Waals surface area contributed by atoms with Gasteiger partial charge in [-0.25, -0.2) is 0 Å². The Morgan fingerprint density at radius 1 is 1.04 bits per heavy atom. The van der Waals surface area contributed by atoms with Crippen molar-refractivity contribution in [3.63, 3.8) is 0 Å². The lowest BCUT2D eigenvalue weighted by Gasteiger charge is -2.30. The van der Waals surface area contributed by atoms with E-state index in [1.54, 1.807) is 0 Å². The molecule has 2 aromatic carbocycles. The quantitative estimate of drug-likeness (QED) is 0.807. The van der Waals surface area contributed by atoms with Crippen molar-refractivity contribution in [2.24, 2.45) is 0 Å². The number of carbonyl (C=O) groups excluding carboxylic acids is 1. The smallest absolute Gasteiger partial charge is 0.230 e. The number of rotatable bonds is 4. The second-order valence-electron chi connectivity index (χ2n) is 6.96. The fourth-order valence-electron chi connectivity index (χ4n) is 3.96. The van der Waals surface area contributed by atoms with Crippen LogP contribution < -0.4 is 14.8 Å². The fraction of sp³-hybridized carbons (Fsp3) is 0.381. The molecule has 4 rings (SSSR count). The van der Waals surface area contributed by atoms with Crippen LogP contribution in [0.3, 0.4) is 0 Å². The van der Waals surface area contributed by atoms with Gasteiger partial charge in [0.2, 0.25) is 5.91 Å². The molecule has 0 radical (unpaired) electrons. The number of nitrogens with one attached hydrogen (secondary N) is 1. The van der Waals surface area contributed by atoms with Gasteiger partial charge in [-0.2, -0.15) is 0 Å². The van der Waals surface area contributed by atoms with E-state index < -0.39 is 5.41 Å². The second-order valence-corrected chi connectivity index (χ2v) is 7.88. The van der Waals surface area contributed by atoms with Crippen LogP contribution in [-0.2, 0) is 16.8 Å². The molecule has 1 amide bonds. The summed E-state index contributed by atoms with van der Waals surface area (Å²) >= 11 is 3.48. The second kappa shape index (κ2) is 7.31. The maximum Gasteiger partial charge on any atom is 0.230 e. The van der Waals surface area contributed by atoms with Crippen molar-refractivity contribution in [2.45, 2.75) is 37.6 Å². The molecule has 0 saturated heterocycles. The standard InChI is InChI=1S/C21H22BrNO3/c22-17-5-3-4-15(12-17)14-23-20(24)21(8-1-2-9-21)16-6-7-18-19(13-16)26-11-10-25-18/h3-7,12-13H,1-2,8-11,14H2,(H,23,24). The van der Waals surface area contributed by atoms with E-state index in [-0.39, 0.29) is 5.91 Å². The van der Waals surface area contributed by atoms with Crippen LogP contribution in [0.1, 0.15) is 36.8 Å². The van der Waals surface area contributed by atoms with Crippen molar-refractivity contribution < 1.29 is 14.3 Å². The molecule has 4 nitrogen and oxygen atoms in total. The van der Waals surface area contributed by atoms with Crippen molar-refractivity contribution in [3.8, 4) is 11.5 Å². The van der Waals surface area contributed by atoms with Gasteiger partial charge in [-0.3, -0.25) is 4.79 Å². The molecule has 1 aliphatic carbocycles. The Morgan fingerprint density at radius 2 is 1.81 bits per heavy atom. The van der Waals surface area contributed by atoms with E-state index in [9.17, 15) is 4.79 Å². The molecule has 0 unspecified atom stereocenters. The summed E-state index contributed by atoms with van der Waals surface area (Å²) < 4.78 is 12.4. The molecule has 0 atom stereocenters. The van der Waals surface area contributed by atoms with Gasteiger partial charge < -0.3 is 14.8 Å². The van der Waals surface area contributed by atoms with Crippen LogP contribution in [0, 0.1) is 0 Å². The van der Waals surface area contributed by atoms with Gasteiger partial charge in [-0.15, -0.1) is 0 Å². The molecule has 0 bridgehead atoms. The minimum Gasteiger partial charge on any atom is -0.486 e. The number of hydrogen-bond acceptors (Lipinski definition) is 3. The third kappa shape index (κ3) is 3.32. The van der Waals surface area contributed by atoms with Crippen LogP contribution in [0.4, 0.5) is 0 Å². The Labute approximate surface area is 162 Å². The number of halogens is 1. The number of fused-ring (bicyclic) bond motifs is 1. The van der Waals surface area contributed by atoms with E-state index in [2.05, 4.69) is 21.2 Å². The Bertz CT molecular complexity index is 815. The maximum absolute atomic E-state index is 13.2. The van der Waals surface area contributed by atoms with Gasteiger partial charge in [0, 0.05) is 11.0 Å². The SMILES string of the molecule is O=C(NCc1cccc(Br)c1)C1(c2ccc3c(c2)OCCO3)CCCC1. The van der Waals surface area contributed by atoms with E-state index in [0.29, 0.717) is 19.8 Å². The Morgan fingerprint density at radius 3 is 2.58 bits per heavy atom. The first kappa shape index (κ1) is 17.4. The lowest BCUT2D eigenvalue weighted by molar-refractivity contribution is -0.126. The largest absolute Gasteiger partial charge is 0.486 e. The number of hydrogen-bond donors (Lipinski definition) is 1. The zero-order valence-corrected chi connectivity index (χ0v) is 16.2. The summed E-state index contributed by atoms with van der Waals surface area (Å²) in [6.45, 7) is 1.66. The van der Waals surface area contributed by atoms with Gasteiger partial charge in [-0.1, -0.05) is 47.0 Å². The summed E-state index contributed by atoms with van der Waals surface area (Å²) in [6, 6.07) is 14.0. The average molecular weight is 416 g/mol. The van der Waals surface area contributed by atoms with Crippen LogP contribution >= 0.6 is 15.9 Å². The molecule has 0 spiro atoms.